The maximum Gasteiger partial charge on any atom is 0.412 e. The van der Waals surface area contributed by atoms with Crippen molar-refractivity contribution in [2.24, 2.45) is 0 Å². The third-order valence-corrected chi connectivity index (χ3v) is 4.24. The number of aromatic nitrogens is 2. The number of hydrogen-bond acceptors (Lipinski definition) is 1. The fraction of sp³-hybridized carbons (Fsp3) is 0.462. The van der Waals surface area contributed by atoms with Gasteiger partial charge in [-0.05, 0) is 25.8 Å². The molecule has 114 valence electrons. The first-order valence-electron chi connectivity index (χ1n) is 6.26. The monoisotopic (exact) mass is 340 g/mol. The lowest BCUT2D eigenvalue weighted by atomic mass is 10.2. The molecule has 0 N–H and O–H groups in total. The van der Waals surface area contributed by atoms with Gasteiger partial charge in [0.25, 0.3) is 0 Å². The Kier molecular flexibility index (Phi) is 3.19. The number of fused-ring (bicyclic) bond motifs is 1. The van der Waals surface area contributed by atoms with Crippen molar-refractivity contribution in [2.45, 2.75) is 36.9 Å². The molecule has 2 nitrogen and oxygen atoms in total. The highest BCUT2D eigenvalue weighted by Gasteiger charge is 2.66. The van der Waals surface area contributed by atoms with E-state index in [4.69, 9.17) is 23.2 Å². The van der Waals surface area contributed by atoms with Crippen LogP contribution in [0.25, 0.3) is 11.0 Å². The van der Waals surface area contributed by atoms with Crippen molar-refractivity contribution in [3.63, 3.8) is 0 Å². The van der Waals surface area contributed by atoms with E-state index in [-0.39, 0.29) is 34.7 Å². The molecule has 1 aliphatic carbocycles. The third kappa shape index (κ3) is 2.11. The molecular formula is C13H10Cl2F4N2. The van der Waals surface area contributed by atoms with Crippen molar-refractivity contribution in [3.05, 3.63) is 28.8 Å². The molecule has 21 heavy (non-hydrogen) atoms. The summed E-state index contributed by atoms with van der Waals surface area (Å²) >= 11 is 11.7. The second-order valence-electron chi connectivity index (χ2n) is 5.21. The first-order chi connectivity index (χ1) is 9.67. The Morgan fingerprint density at radius 3 is 2.43 bits per heavy atom. The molecule has 1 unspecified atom stereocenters. The Morgan fingerprint density at radius 1 is 1.33 bits per heavy atom. The van der Waals surface area contributed by atoms with Crippen LogP contribution < -0.4 is 0 Å². The summed E-state index contributed by atoms with van der Waals surface area (Å²) in [4.78, 5) is 4.07. The molecule has 8 heteroatoms. The smallest absolute Gasteiger partial charge is 0.311 e. The Morgan fingerprint density at radius 2 is 1.95 bits per heavy atom. The Hall–Kier alpha value is -1.01. The van der Waals surface area contributed by atoms with Gasteiger partial charge in [-0.3, -0.25) is 0 Å². The number of hydrogen-bond donors (Lipinski definition) is 0. The van der Waals surface area contributed by atoms with E-state index in [0.29, 0.717) is 0 Å². The molecule has 1 heterocycles. The van der Waals surface area contributed by atoms with Crippen LogP contribution in [-0.2, 0) is 5.54 Å². The molecule has 0 aliphatic heterocycles. The highest BCUT2D eigenvalue weighted by molar-refractivity contribution is 6.31. The maximum absolute atomic E-state index is 13.5. The van der Waals surface area contributed by atoms with Crippen molar-refractivity contribution in [1.29, 1.82) is 0 Å². The number of benzene rings is 1. The minimum atomic E-state index is -4.43. The summed E-state index contributed by atoms with van der Waals surface area (Å²) in [5.74, 6) is -0.650. The van der Waals surface area contributed by atoms with E-state index in [1.54, 1.807) is 0 Å². The number of imidazole rings is 1. The van der Waals surface area contributed by atoms with Gasteiger partial charge in [0.1, 0.15) is 17.2 Å². The second kappa shape index (κ2) is 4.49. The van der Waals surface area contributed by atoms with Crippen molar-refractivity contribution < 1.29 is 17.6 Å². The summed E-state index contributed by atoms with van der Waals surface area (Å²) in [6.07, 6.45) is -4.52. The summed E-state index contributed by atoms with van der Waals surface area (Å²) in [5, 5.41) is -0.977. The quantitative estimate of drug-likeness (QED) is 0.544. The largest absolute Gasteiger partial charge is 0.412 e. The number of rotatable bonds is 2. The highest BCUT2D eigenvalue weighted by atomic mass is 35.5. The van der Waals surface area contributed by atoms with E-state index in [1.165, 1.54) is 13.0 Å². The van der Waals surface area contributed by atoms with E-state index in [1.807, 2.05) is 0 Å². The van der Waals surface area contributed by atoms with Gasteiger partial charge in [-0.15, -0.1) is 11.6 Å². The normalized spacial score (nSPS) is 19.0. The van der Waals surface area contributed by atoms with Crippen LogP contribution in [0.5, 0.6) is 0 Å². The minimum Gasteiger partial charge on any atom is -0.311 e. The van der Waals surface area contributed by atoms with Gasteiger partial charge < -0.3 is 4.57 Å². The lowest BCUT2D eigenvalue weighted by Gasteiger charge is -2.24. The number of nitrogens with zero attached hydrogens (tertiary/aromatic N) is 2. The van der Waals surface area contributed by atoms with Gasteiger partial charge in [-0.25, -0.2) is 9.37 Å². The molecule has 0 bridgehead atoms. The average molecular weight is 341 g/mol. The molecule has 2 aromatic rings. The Labute approximate surface area is 127 Å². The molecule has 0 spiro atoms. The van der Waals surface area contributed by atoms with Gasteiger partial charge in [0.15, 0.2) is 0 Å². The van der Waals surface area contributed by atoms with Crippen LogP contribution in [0, 0.1) is 5.82 Å². The van der Waals surface area contributed by atoms with E-state index in [2.05, 4.69) is 4.98 Å². The summed E-state index contributed by atoms with van der Waals surface area (Å²) in [7, 11) is 0. The lowest BCUT2D eigenvalue weighted by molar-refractivity contribution is -0.179. The topological polar surface area (TPSA) is 17.8 Å². The molecule has 1 saturated carbocycles. The molecule has 1 aliphatic rings. The van der Waals surface area contributed by atoms with Crippen LogP contribution in [0.1, 0.15) is 31.0 Å². The maximum atomic E-state index is 13.5. The van der Waals surface area contributed by atoms with E-state index >= 15 is 0 Å². The van der Waals surface area contributed by atoms with Crippen LogP contribution in [0.4, 0.5) is 17.6 Å². The van der Waals surface area contributed by atoms with Crippen molar-refractivity contribution >= 4 is 34.2 Å². The average Bonchev–Trinajstić information content (AvgIpc) is 3.08. The summed E-state index contributed by atoms with van der Waals surface area (Å²) in [6.45, 7) is 1.53. The molecule has 1 atom stereocenters. The van der Waals surface area contributed by atoms with Crippen molar-refractivity contribution in [2.75, 3.05) is 0 Å². The van der Waals surface area contributed by atoms with Crippen LogP contribution in [0.3, 0.4) is 0 Å². The number of alkyl halides is 4. The zero-order valence-electron chi connectivity index (χ0n) is 10.8. The Balaban J connectivity index is 2.35. The second-order valence-corrected chi connectivity index (χ2v) is 6.27. The van der Waals surface area contributed by atoms with Gasteiger partial charge in [0.05, 0.1) is 21.4 Å². The zero-order chi connectivity index (χ0) is 15.6. The van der Waals surface area contributed by atoms with Crippen LogP contribution in [0.15, 0.2) is 12.1 Å². The predicted molar refractivity (Wildman–Crippen MR) is 72.2 cm³/mol. The lowest BCUT2D eigenvalue weighted by Crippen LogP contribution is -2.36. The van der Waals surface area contributed by atoms with E-state index in [0.717, 1.165) is 10.6 Å². The fourth-order valence-corrected chi connectivity index (χ4v) is 2.86. The molecule has 3 rings (SSSR count). The molecule has 0 saturated heterocycles. The molecule has 0 radical (unpaired) electrons. The van der Waals surface area contributed by atoms with Gasteiger partial charge in [0.2, 0.25) is 0 Å². The SMILES string of the molecule is CC(Cl)c1nc2cc(F)c(Cl)cc2n1C1(C(F)(F)F)CC1. The van der Waals surface area contributed by atoms with Gasteiger partial charge in [-0.2, -0.15) is 13.2 Å². The van der Waals surface area contributed by atoms with Gasteiger partial charge in [0, 0.05) is 6.07 Å². The summed E-state index contributed by atoms with van der Waals surface area (Å²) in [6, 6.07) is 2.21. The third-order valence-electron chi connectivity index (χ3n) is 3.76. The molecule has 1 aromatic carbocycles. The number of halogens is 6. The first-order valence-corrected chi connectivity index (χ1v) is 7.07. The van der Waals surface area contributed by atoms with Crippen LogP contribution in [0.2, 0.25) is 5.02 Å². The predicted octanol–water partition coefficient (Wildman–Crippen LogP) is 5.18. The zero-order valence-corrected chi connectivity index (χ0v) is 12.3. The Bertz CT molecular complexity index is 717. The standard InChI is InChI=1S/C13H10Cl2F4N2/c1-6(14)11-20-9-5-8(16)7(15)4-10(9)21(11)12(2-3-12)13(17,18)19/h4-6H,2-3H2,1H3. The van der Waals surface area contributed by atoms with Crippen molar-refractivity contribution in [1.82, 2.24) is 9.55 Å². The van der Waals surface area contributed by atoms with Gasteiger partial charge >= 0.3 is 6.18 Å². The van der Waals surface area contributed by atoms with E-state index in [9.17, 15) is 17.6 Å². The van der Waals surface area contributed by atoms with Gasteiger partial charge in [-0.1, -0.05) is 11.6 Å². The van der Waals surface area contributed by atoms with Crippen LogP contribution in [-0.4, -0.2) is 15.7 Å². The minimum absolute atomic E-state index is 0.0481. The molecular weight excluding hydrogens is 331 g/mol. The van der Waals surface area contributed by atoms with Crippen LogP contribution >= 0.6 is 23.2 Å². The first kappa shape index (κ1) is 14.9. The summed E-state index contributed by atoms with van der Waals surface area (Å²) in [5.41, 5.74) is -1.74. The van der Waals surface area contributed by atoms with E-state index < -0.39 is 22.9 Å². The van der Waals surface area contributed by atoms with Crippen molar-refractivity contribution in [3.8, 4) is 0 Å². The summed E-state index contributed by atoms with van der Waals surface area (Å²) < 4.78 is 54.8. The molecule has 0 amide bonds. The fourth-order valence-electron chi connectivity index (χ4n) is 2.56. The molecule has 1 aromatic heterocycles. The molecule has 1 fully saturated rings. The highest BCUT2D eigenvalue weighted by Crippen LogP contribution is 2.57.